The fourth-order valence-electron chi connectivity index (χ4n) is 1.84. The molecule has 1 N–H and O–H groups in total. The van der Waals surface area contributed by atoms with Crippen LogP contribution in [0.25, 0.3) is 0 Å². The van der Waals surface area contributed by atoms with E-state index in [0.717, 1.165) is 32.4 Å². The van der Waals surface area contributed by atoms with E-state index in [1.165, 1.54) is 0 Å². The first-order valence-corrected chi connectivity index (χ1v) is 5.38. The normalized spacial score (nSPS) is 27.1. The molecule has 4 nitrogen and oxygen atoms in total. The molecular weight excluding hydrogens is 178 g/mol. The number of likely N-dealkylation sites (tertiary alicyclic amines) is 1. The maximum atomic E-state index is 11.7. The van der Waals surface area contributed by atoms with Crippen LogP contribution in [0.15, 0.2) is 0 Å². The van der Waals surface area contributed by atoms with Gasteiger partial charge in [-0.25, -0.2) is 4.79 Å². The summed E-state index contributed by atoms with van der Waals surface area (Å²) in [5.74, 6) is 0. The topological polar surface area (TPSA) is 35.6 Å². The van der Waals surface area contributed by atoms with E-state index in [1.807, 2.05) is 4.90 Å². The van der Waals surface area contributed by atoms with Gasteiger partial charge in [0.05, 0.1) is 0 Å². The SMILES string of the molecule is CN(C)C1CCN(C(=O)NC2CC2)C1. The van der Waals surface area contributed by atoms with Crippen LogP contribution in [0, 0.1) is 0 Å². The van der Waals surface area contributed by atoms with Crippen LogP contribution in [0.5, 0.6) is 0 Å². The fraction of sp³-hybridized carbons (Fsp3) is 0.900. The summed E-state index contributed by atoms with van der Waals surface area (Å²) in [5.41, 5.74) is 0. The molecule has 0 aromatic rings. The number of likely N-dealkylation sites (N-methyl/N-ethyl adjacent to an activating group) is 1. The fourth-order valence-corrected chi connectivity index (χ4v) is 1.84. The molecule has 2 aliphatic rings. The third kappa shape index (κ3) is 2.18. The first-order chi connectivity index (χ1) is 6.66. The van der Waals surface area contributed by atoms with E-state index in [-0.39, 0.29) is 6.03 Å². The highest BCUT2D eigenvalue weighted by Gasteiger charge is 2.30. The van der Waals surface area contributed by atoms with Gasteiger partial charge in [-0.1, -0.05) is 0 Å². The van der Waals surface area contributed by atoms with Crippen LogP contribution in [0.4, 0.5) is 4.79 Å². The maximum Gasteiger partial charge on any atom is 0.317 e. The highest BCUT2D eigenvalue weighted by Crippen LogP contribution is 2.20. The molecule has 1 saturated carbocycles. The number of carbonyl (C=O) groups excluding carboxylic acids is 1. The van der Waals surface area contributed by atoms with Crippen LogP contribution in [0.1, 0.15) is 19.3 Å². The van der Waals surface area contributed by atoms with Gasteiger partial charge in [0.15, 0.2) is 0 Å². The maximum absolute atomic E-state index is 11.7. The largest absolute Gasteiger partial charge is 0.335 e. The lowest BCUT2D eigenvalue weighted by molar-refractivity contribution is 0.203. The highest BCUT2D eigenvalue weighted by molar-refractivity contribution is 5.75. The monoisotopic (exact) mass is 197 g/mol. The Balaban J connectivity index is 1.78. The van der Waals surface area contributed by atoms with Gasteiger partial charge in [0, 0.05) is 25.2 Å². The summed E-state index contributed by atoms with van der Waals surface area (Å²) in [7, 11) is 4.15. The number of rotatable bonds is 2. The van der Waals surface area contributed by atoms with Gasteiger partial charge in [-0.2, -0.15) is 0 Å². The van der Waals surface area contributed by atoms with Crippen LogP contribution in [-0.4, -0.2) is 55.1 Å². The third-order valence-electron chi connectivity index (χ3n) is 3.09. The number of urea groups is 1. The second-order valence-electron chi connectivity index (χ2n) is 4.58. The third-order valence-corrected chi connectivity index (χ3v) is 3.09. The van der Waals surface area contributed by atoms with E-state index in [1.54, 1.807) is 0 Å². The van der Waals surface area contributed by atoms with Crippen LogP contribution in [0.3, 0.4) is 0 Å². The molecule has 2 amide bonds. The van der Waals surface area contributed by atoms with E-state index in [2.05, 4.69) is 24.3 Å². The van der Waals surface area contributed by atoms with Gasteiger partial charge in [0.2, 0.25) is 0 Å². The Kier molecular flexibility index (Phi) is 2.63. The minimum Gasteiger partial charge on any atom is -0.335 e. The quantitative estimate of drug-likeness (QED) is 0.699. The number of hydrogen-bond donors (Lipinski definition) is 1. The van der Waals surface area contributed by atoms with Crippen LogP contribution >= 0.6 is 0 Å². The van der Waals surface area contributed by atoms with Crippen molar-refractivity contribution in [3.63, 3.8) is 0 Å². The number of nitrogens with one attached hydrogen (secondary N) is 1. The predicted octanol–water partition coefficient (Wildman–Crippen LogP) is 0.494. The van der Waals surface area contributed by atoms with Gasteiger partial charge >= 0.3 is 6.03 Å². The number of amides is 2. The van der Waals surface area contributed by atoms with Crippen molar-refractivity contribution in [2.24, 2.45) is 0 Å². The summed E-state index contributed by atoms with van der Waals surface area (Å²) >= 11 is 0. The zero-order valence-corrected chi connectivity index (χ0v) is 8.99. The second kappa shape index (κ2) is 3.77. The summed E-state index contributed by atoms with van der Waals surface area (Å²) in [6.45, 7) is 1.78. The molecule has 1 heterocycles. The minimum atomic E-state index is 0.136. The Morgan fingerprint density at radius 2 is 2.07 bits per heavy atom. The van der Waals surface area contributed by atoms with Crippen LogP contribution in [0.2, 0.25) is 0 Å². The smallest absolute Gasteiger partial charge is 0.317 e. The van der Waals surface area contributed by atoms with Gasteiger partial charge in [-0.3, -0.25) is 0 Å². The molecule has 0 spiro atoms. The van der Waals surface area contributed by atoms with Gasteiger partial charge in [-0.15, -0.1) is 0 Å². The van der Waals surface area contributed by atoms with Crippen molar-refractivity contribution in [3.05, 3.63) is 0 Å². The van der Waals surface area contributed by atoms with Gasteiger partial charge in [0.25, 0.3) is 0 Å². The van der Waals surface area contributed by atoms with E-state index >= 15 is 0 Å². The number of hydrogen-bond acceptors (Lipinski definition) is 2. The van der Waals surface area contributed by atoms with Crippen molar-refractivity contribution in [2.75, 3.05) is 27.2 Å². The van der Waals surface area contributed by atoms with Crippen molar-refractivity contribution in [2.45, 2.75) is 31.3 Å². The molecule has 1 aliphatic heterocycles. The molecule has 0 aromatic heterocycles. The lowest BCUT2D eigenvalue weighted by Crippen LogP contribution is -2.41. The predicted molar refractivity (Wildman–Crippen MR) is 55.2 cm³/mol. The minimum absolute atomic E-state index is 0.136. The number of nitrogens with zero attached hydrogens (tertiary/aromatic N) is 2. The molecule has 0 radical (unpaired) electrons. The molecule has 0 aromatic carbocycles. The Hall–Kier alpha value is -0.770. The Morgan fingerprint density at radius 3 is 2.57 bits per heavy atom. The molecule has 1 aliphatic carbocycles. The molecule has 4 heteroatoms. The van der Waals surface area contributed by atoms with Gasteiger partial charge in [-0.05, 0) is 33.4 Å². The summed E-state index contributed by atoms with van der Waals surface area (Å²) in [4.78, 5) is 15.8. The molecule has 1 saturated heterocycles. The highest BCUT2D eigenvalue weighted by atomic mass is 16.2. The zero-order chi connectivity index (χ0) is 10.1. The lowest BCUT2D eigenvalue weighted by Gasteiger charge is -2.20. The summed E-state index contributed by atoms with van der Waals surface area (Å²) < 4.78 is 0. The summed E-state index contributed by atoms with van der Waals surface area (Å²) in [6, 6.07) is 1.15. The van der Waals surface area contributed by atoms with Gasteiger partial charge < -0.3 is 15.1 Å². The molecule has 2 rings (SSSR count). The van der Waals surface area contributed by atoms with E-state index in [0.29, 0.717) is 12.1 Å². The van der Waals surface area contributed by atoms with Crippen LogP contribution < -0.4 is 5.32 Å². The standard InChI is InChI=1S/C10H19N3O/c1-12(2)9-5-6-13(7-9)10(14)11-8-3-4-8/h8-9H,3-7H2,1-2H3,(H,11,14). The molecule has 14 heavy (non-hydrogen) atoms. The Morgan fingerprint density at radius 1 is 1.36 bits per heavy atom. The van der Waals surface area contributed by atoms with E-state index in [9.17, 15) is 4.79 Å². The lowest BCUT2D eigenvalue weighted by atomic mass is 10.2. The summed E-state index contributed by atoms with van der Waals surface area (Å²) in [5, 5.41) is 3.02. The van der Waals surface area contributed by atoms with Crippen LogP contribution in [-0.2, 0) is 0 Å². The van der Waals surface area contributed by atoms with E-state index in [4.69, 9.17) is 0 Å². The number of carbonyl (C=O) groups is 1. The van der Waals surface area contributed by atoms with Crippen molar-refractivity contribution in [1.82, 2.24) is 15.1 Å². The van der Waals surface area contributed by atoms with Crippen molar-refractivity contribution >= 4 is 6.03 Å². The molecule has 1 unspecified atom stereocenters. The zero-order valence-electron chi connectivity index (χ0n) is 8.99. The van der Waals surface area contributed by atoms with E-state index < -0.39 is 0 Å². The molecule has 1 atom stereocenters. The summed E-state index contributed by atoms with van der Waals surface area (Å²) in [6.07, 6.45) is 3.43. The molecule has 2 fully saturated rings. The first-order valence-electron chi connectivity index (χ1n) is 5.38. The van der Waals surface area contributed by atoms with Crippen molar-refractivity contribution < 1.29 is 4.79 Å². The Bertz CT molecular complexity index is 225. The van der Waals surface area contributed by atoms with Gasteiger partial charge in [0.1, 0.15) is 0 Å². The van der Waals surface area contributed by atoms with Crippen molar-refractivity contribution in [1.29, 1.82) is 0 Å². The first kappa shape index (κ1) is 9.77. The average Bonchev–Trinajstić information content (AvgIpc) is 2.81. The van der Waals surface area contributed by atoms with Crippen molar-refractivity contribution in [3.8, 4) is 0 Å². The molecular formula is C10H19N3O. The molecule has 80 valence electrons. The second-order valence-corrected chi connectivity index (χ2v) is 4.58. The molecule has 0 bridgehead atoms. The average molecular weight is 197 g/mol. The Labute approximate surface area is 85.2 Å².